The molecule has 3 heteroatoms. The maximum Gasteiger partial charge on any atom is 0.304 e. The predicted molar refractivity (Wildman–Crippen MR) is 56.2 cm³/mol. The molecule has 0 aliphatic rings. The maximum absolute atomic E-state index is 10.5. The molecule has 0 aromatic heterocycles. The van der Waals surface area contributed by atoms with Crippen molar-refractivity contribution in [3.05, 3.63) is 35.4 Å². The summed E-state index contributed by atoms with van der Waals surface area (Å²) < 4.78 is 0. The second kappa shape index (κ2) is 5.16. The van der Waals surface area contributed by atoms with Crippen LogP contribution in [0.4, 0.5) is 0 Å². The third-order valence-electron chi connectivity index (χ3n) is 2.21. The van der Waals surface area contributed by atoms with E-state index in [2.05, 4.69) is 0 Å². The second-order valence-electron chi connectivity index (χ2n) is 3.61. The Hall–Kier alpha value is -1.82. The van der Waals surface area contributed by atoms with Crippen LogP contribution in [0.1, 0.15) is 17.5 Å². The summed E-state index contributed by atoms with van der Waals surface area (Å²) in [5, 5.41) is 17.4. The van der Waals surface area contributed by atoms with Crippen molar-refractivity contribution >= 4 is 5.97 Å². The maximum atomic E-state index is 10.5. The van der Waals surface area contributed by atoms with Gasteiger partial charge in [0.15, 0.2) is 0 Å². The normalized spacial score (nSPS) is 11.7. The Balaban J connectivity index is 2.63. The first-order valence-electron chi connectivity index (χ1n) is 4.78. The van der Waals surface area contributed by atoms with E-state index in [1.54, 1.807) is 0 Å². The van der Waals surface area contributed by atoms with Crippen LogP contribution in [0.2, 0.25) is 0 Å². The Labute approximate surface area is 89.0 Å². The molecule has 0 saturated carbocycles. The van der Waals surface area contributed by atoms with Crippen molar-refractivity contribution in [1.29, 1.82) is 5.26 Å². The number of carboxylic acid groups (broad SMARTS) is 1. The Morgan fingerprint density at radius 3 is 2.53 bits per heavy atom. The highest BCUT2D eigenvalue weighted by molar-refractivity contribution is 5.67. The fourth-order valence-electron chi connectivity index (χ4n) is 1.38. The molecule has 0 bridgehead atoms. The van der Waals surface area contributed by atoms with Gasteiger partial charge in [0.05, 0.1) is 18.4 Å². The number of nitriles is 1. The van der Waals surface area contributed by atoms with Gasteiger partial charge < -0.3 is 5.11 Å². The Morgan fingerprint density at radius 2 is 2.07 bits per heavy atom. The summed E-state index contributed by atoms with van der Waals surface area (Å²) in [7, 11) is 0. The van der Waals surface area contributed by atoms with E-state index in [0.29, 0.717) is 6.42 Å². The first-order valence-corrected chi connectivity index (χ1v) is 4.78. The monoisotopic (exact) mass is 203 g/mol. The van der Waals surface area contributed by atoms with E-state index in [9.17, 15) is 4.79 Å². The van der Waals surface area contributed by atoms with Crippen molar-refractivity contribution in [2.45, 2.75) is 19.8 Å². The van der Waals surface area contributed by atoms with Crippen molar-refractivity contribution in [2.24, 2.45) is 5.92 Å². The minimum absolute atomic E-state index is 0.0929. The van der Waals surface area contributed by atoms with Crippen molar-refractivity contribution < 1.29 is 9.90 Å². The molecule has 1 aromatic rings. The summed E-state index contributed by atoms with van der Waals surface area (Å²) in [6.45, 7) is 1.99. The van der Waals surface area contributed by atoms with Gasteiger partial charge in [0.2, 0.25) is 0 Å². The highest BCUT2D eigenvalue weighted by atomic mass is 16.4. The summed E-state index contributed by atoms with van der Waals surface area (Å²) in [5.41, 5.74) is 2.17. The fraction of sp³-hybridized carbons (Fsp3) is 0.333. The van der Waals surface area contributed by atoms with Crippen LogP contribution >= 0.6 is 0 Å². The van der Waals surface area contributed by atoms with Crippen LogP contribution in [0, 0.1) is 24.2 Å². The smallest absolute Gasteiger partial charge is 0.304 e. The van der Waals surface area contributed by atoms with Crippen LogP contribution in [0.3, 0.4) is 0 Å². The summed E-state index contributed by atoms with van der Waals surface area (Å²) in [5.74, 6) is -1.36. The molecule has 0 saturated heterocycles. The Bertz CT molecular complexity index is 376. The van der Waals surface area contributed by atoms with Gasteiger partial charge in [-0.2, -0.15) is 5.26 Å². The standard InChI is InChI=1S/C12H13NO2/c1-9-2-4-10(5-3-9)6-11(8-13)7-12(14)15/h2-5,11H,6-7H2,1H3,(H,14,15). The van der Waals surface area contributed by atoms with E-state index in [-0.39, 0.29) is 6.42 Å². The summed E-state index contributed by atoms with van der Waals surface area (Å²) in [4.78, 5) is 10.5. The van der Waals surface area contributed by atoms with Crippen LogP contribution in [0.5, 0.6) is 0 Å². The highest BCUT2D eigenvalue weighted by Crippen LogP contribution is 2.12. The van der Waals surface area contributed by atoms with Gasteiger partial charge in [0.1, 0.15) is 0 Å². The molecular weight excluding hydrogens is 190 g/mol. The predicted octanol–water partition coefficient (Wildman–Crippen LogP) is 2.15. The summed E-state index contributed by atoms with van der Waals surface area (Å²) in [6, 6.07) is 9.81. The lowest BCUT2D eigenvalue weighted by Crippen LogP contribution is -2.08. The number of carboxylic acids is 1. The molecule has 0 fully saturated rings. The van der Waals surface area contributed by atoms with Crippen molar-refractivity contribution in [3.63, 3.8) is 0 Å². The minimum atomic E-state index is -0.923. The zero-order chi connectivity index (χ0) is 11.3. The SMILES string of the molecule is Cc1ccc(CC(C#N)CC(=O)O)cc1. The molecule has 0 heterocycles. The number of rotatable bonds is 4. The Morgan fingerprint density at radius 1 is 1.47 bits per heavy atom. The molecule has 1 aromatic carbocycles. The number of hydrogen-bond donors (Lipinski definition) is 1. The van der Waals surface area contributed by atoms with Crippen LogP contribution in [0.15, 0.2) is 24.3 Å². The largest absolute Gasteiger partial charge is 0.481 e. The van der Waals surface area contributed by atoms with Crippen LogP contribution in [-0.2, 0) is 11.2 Å². The van der Waals surface area contributed by atoms with Gasteiger partial charge in [0.25, 0.3) is 0 Å². The molecular formula is C12H13NO2. The third kappa shape index (κ3) is 3.82. The van der Waals surface area contributed by atoms with E-state index in [1.165, 1.54) is 0 Å². The molecule has 0 aliphatic heterocycles. The van der Waals surface area contributed by atoms with E-state index in [0.717, 1.165) is 11.1 Å². The quantitative estimate of drug-likeness (QED) is 0.815. The average Bonchev–Trinajstić information content (AvgIpc) is 2.19. The number of carbonyl (C=O) groups is 1. The lowest BCUT2D eigenvalue weighted by Gasteiger charge is -2.06. The molecule has 1 N–H and O–H groups in total. The van der Waals surface area contributed by atoms with E-state index >= 15 is 0 Å². The van der Waals surface area contributed by atoms with Crippen molar-refractivity contribution in [1.82, 2.24) is 0 Å². The van der Waals surface area contributed by atoms with Crippen LogP contribution in [0.25, 0.3) is 0 Å². The van der Waals surface area contributed by atoms with E-state index < -0.39 is 11.9 Å². The zero-order valence-corrected chi connectivity index (χ0v) is 8.60. The van der Waals surface area contributed by atoms with E-state index in [1.807, 2.05) is 37.3 Å². The molecule has 1 rings (SSSR count). The summed E-state index contributed by atoms with van der Waals surface area (Å²) >= 11 is 0. The highest BCUT2D eigenvalue weighted by Gasteiger charge is 2.12. The van der Waals surface area contributed by atoms with Gasteiger partial charge in [-0.15, -0.1) is 0 Å². The molecule has 0 aliphatic carbocycles. The first-order chi connectivity index (χ1) is 7.11. The minimum Gasteiger partial charge on any atom is -0.481 e. The molecule has 3 nitrogen and oxygen atoms in total. The second-order valence-corrected chi connectivity index (χ2v) is 3.61. The van der Waals surface area contributed by atoms with Crippen LogP contribution in [-0.4, -0.2) is 11.1 Å². The number of benzene rings is 1. The van der Waals surface area contributed by atoms with Crippen molar-refractivity contribution in [3.8, 4) is 6.07 Å². The topological polar surface area (TPSA) is 61.1 Å². The first kappa shape index (κ1) is 11.3. The van der Waals surface area contributed by atoms with Gasteiger partial charge in [0, 0.05) is 0 Å². The van der Waals surface area contributed by atoms with Gasteiger partial charge >= 0.3 is 5.97 Å². The molecule has 0 spiro atoms. The third-order valence-corrected chi connectivity index (χ3v) is 2.21. The Kier molecular flexibility index (Phi) is 3.87. The molecule has 0 radical (unpaired) electrons. The number of aryl methyl sites for hydroxylation is 1. The average molecular weight is 203 g/mol. The van der Waals surface area contributed by atoms with Gasteiger partial charge in [-0.3, -0.25) is 4.79 Å². The molecule has 78 valence electrons. The molecule has 1 atom stereocenters. The lowest BCUT2D eigenvalue weighted by atomic mass is 9.97. The van der Waals surface area contributed by atoms with Gasteiger partial charge in [-0.1, -0.05) is 29.8 Å². The van der Waals surface area contributed by atoms with Gasteiger partial charge in [-0.05, 0) is 18.9 Å². The number of nitrogens with zero attached hydrogens (tertiary/aromatic N) is 1. The zero-order valence-electron chi connectivity index (χ0n) is 8.60. The fourth-order valence-corrected chi connectivity index (χ4v) is 1.38. The van der Waals surface area contributed by atoms with Gasteiger partial charge in [-0.25, -0.2) is 0 Å². The lowest BCUT2D eigenvalue weighted by molar-refractivity contribution is -0.137. The number of hydrogen-bond acceptors (Lipinski definition) is 2. The summed E-state index contributed by atoms with van der Waals surface area (Å²) in [6.07, 6.45) is 0.410. The molecule has 0 amide bonds. The van der Waals surface area contributed by atoms with E-state index in [4.69, 9.17) is 10.4 Å². The molecule has 15 heavy (non-hydrogen) atoms. The van der Waals surface area contributed by atoms with Crippen LogP contribution < -0.4 is 0 Å². The molecule has 1 unspecified atom stereocenters. The number of aliphatic carboxylic acids is 1. The van der Waals surface area contributed by atoms with Crippen molar-refractivity contribution in [2.75, 3.05) is 0 Å².